The van der Waals surface area contributed by atoms with Crippen molar-refractivity contribution < 1.29 is 9.90 Å². The first-order chi connectivity index (χ1) is 24.7. The van der Waals surface area contributed by atoms with Gasteiger partial charge in [0.2, 0.25) is 0 Å². The third kappa shape index (κ3) is 5.93. The maximum Gasteiger partial charge on any atom is 0.338 e. The summed E-state index contributed by atoms with van der Waals surface area (Å²) < 4.78 is 2.22. The zero-order valence-corrected chi connectivity index (χ0v) is 30.0. The normalized spacial score (nSPS) is 17.2. The molecule has 1 saturated heterocycles. The van der Waals surface area contributed by atoms with Crippen LogP contribution in [-0.4, -0.2) is 67.2 Å². The summed E-state index contributed by atoms with van der Waals surface area (Å²) in [5.41, 5.74) is 3.71. The van der Waals surface area contributed by atoms with Gasteiger partial charge >= 0.3 is 5.97 Å². The van der Waals surface area contributed by atoms with Gasteiger partial charge in [-0.15, -0.1) is 11.3 Å². The van der Waals surface area contributed by atoms with Gasteiger partial charge in [0.25, 0.3) is 5.56 Å². The van der Waals surface area contributed by atoms with Crippen molar-refractivity contribution in [3.05, 3.63) is 79.9 Å². The van der Waals surface area contributed by atoms with E-state index < -0.39 is 5.97 Å². The Morgan fingerprint density at radius 1 is 1.18 bits per heavy atom. The number of aromatic carboxylic acids is 1. The quantitative estimate of drug-likeness (QED) is 0.179. The zero-order chi connectivity index (χ0) is 35.4. The average molecular weight is 718 g/mol. The van der Waals surface area contributed by atoms with Crippen LogP contribution in [0.25, 0.3) is 32.2 Å². The molecule has 1 aliphatic heterocycles. The summed E-state index contributed by atoms with van der Waals surface area (Å²) in [6.07, 6.45) is 10.7. The van der Waals surface area contributed by atoms with Crippen molar-refractivity contribution in [2.24, 2.45) is 5.41 Å². The van der Waals surface area contributed by atoms with Gasteiger partial charge in [-0.3, -0.25) is 14.3 Å². The Kier molecular flexibility index (Phi) is 8.54. The Bertz CT molecular complexity index is 2380. The average Bonchev–Trinajstić information content (AvgIpc) is 3.80. The van der Waals surface area contributed by atoms with Crippen molar-refractivity contribution in [3.63, 3.8) is 0 Å². The van der Waals surface area contributed by atoms with E-state index in [9.17, 15) is 20.0 Å². The minimum absolute atomic E-state index is 0.0462. The molecule has 0 bridgehead atoms. The maximum atomic E-state index is 14.1. The molecular weight excluding hydrogens is 682 g/mol. The summed E-state index contributed by atoms with van der Waals surface area (Å²) in [7, 11) is 0. The molecule has 1 aromatic carbocycles. The Morgan fingerprint density at radius 3 is 2.67 bits per heavy atom. The van der Waals surface area contributed by atoms with E-state index in [0.717, 1.165) is 47.8 Å². The molecule has 0 radical (unpaired) electrons. The highest BCUT2D eigenvalue weighted by atomic mass is 35.5. The molecule has 3 fully saturated rings. The fourth-order valence-electron chi connectivity index (χ4n) is 8.10. The van der Waals surface area contributed by atoms with E-state index in [1.807, 2.05) is 12.1 Å². The molecule has 0 amide bonds. The number of nitriles is 1. The third-order valence-electron chi connectivity index (χ3n) is 11.1. The van der Waals surface area contributed by atoms with E-state index in [1.165, 1.54) is 41.6 Å². The van der Waals surface area contributed by atoms with Gasteiger partial charge in [0.15, 0.2) is 0 Å². The number of carboxylic acid groups (broad SMARTS) is 1. The number of pyridine rings is 2. The molecule has 2 saturated carbocycles. The van der Waals surface area contributed by atoms with Crippen LogP contribution < -0.4 is 10.5 Å². The zero-order valence-electron chi connectivity index (χ0n) is 28.4. The summed E-state index contributed by atoms with van der Waals surface area (Å²) in [6.45, 7) is 6.64. The van der Waals surface area contributed by atoms with Crippen LogP contribution >= 0.6 is 22.9 Å². The monoisotopic (exact) mass is 717 g/mol. The van der Waals surface area contributed by atoms with Gasteiger partial charge in [0, 0.05) is 65.0 Å². The number of benzene rings is 1. The van der Waals surface area contributed by atoms with Crippen LogP contribution in [0.1, 0.15) is 72.8 Å². The molecule has 4 aromatic heterocycles. The van der Waals surface area contributed by atoms with Crippen LogP contribution in [0.2, 0.25) is 5.02 Å². The fraction of sp³-hybridized carbons (Fsp3) is 0.385. The number of thiophene rings is 1. The van der Waals surface area contributed by atoms with Crippen molar-refractivity contribution in [2.75, 3.05) is 24.5 Å². The lowest BCUT2D eigenvalue weighted by Crippen LogP contribution is -2.52. The van der Waals surface area contributed by atoms with Crippen LogP contribution in [0, 0.1) is 35.5 Å². The molecule has 5 aromatic rings. The lowest BCUT2D eigenvalue weighted by Gasteiger charge is -2.48. The van der Waals surface area contributed by atoms with Crippen molar-refractivity contribution in [2.45, 2.75) is 71.0 Å². The number of piperidine rings is 1. The number of hydrogen-bond acceptors (Lipinski definition) is 9. The Balaban J connectivity index is 1.09. The lowest BCUT2D eigenvalue weighted by molar-refractivity contribution is 0.0454. The largest absolute Gasteiger partial charge is 0.478 e. The molecule has 0 atom stereocenters. The van der Waals surface area contributed by atoms with E-state index in [4.69, 9.17) is 16.6 Å². The Hall–Kier alpha value is -4.81. The summed E-state index contributed by atoms with van der Waals surface area (Å²) in [4.78, 5) is 44.5. The molecule has 2 aliphatic carbocycles. The predicted octanol–water partition coefficient (Wildman–Crippen LogP) is 6.88. The van der Waals surface area contributed by atoms with Gasteiger partial charge in [-0.1, -0.05) is 23.4 Å². The number of likely N-dealkylation sites (tertiary alicyclic amines) is 1. The van der Waals surface area contributed by atoms with E-state index in [-0.39, 0.29) is 34.7 Å². The maximum absolute atomic E-state index is 14.1. The van der Waals surface area contributed by atoms with Crippen molar-refractivity contribution in [1.29, 1.82) is 5.26 Å². The molecule has 10 nitrogen and oxygen atoms in total. The molecule has 258 valence electrons. The van der Waals surface area contributed by atoms with E-state index in [0.29, 0.717) is 45.2 Å². The minimum Gasteiger partial charge on any atom is -0.478 e. The minimum atomic E-state index is -1.04. The number of aryl methyl sites for hydroxylation is 1. The van der Waals surface area contributed by atoms with Gasteiger partial charge in [-0.2, -0.15) is 5.26 Å². The lowest BCUT2D eigenvalue weighted by atomic mass is 9.75. The van der Waals surface area contributed by atoms with Gasteiger partial charge in [0.05, 0.1) is 39.4 Å². The number of nitrogens with zero attached hydrogens (tertiary/aromatic N) is 7. The molecule has 8 rings (SSSR count). The second kappa shape index (κ2) is 13.1. The van der Waals surface area contributed by atoms with Gasteiger partial charge < -0.3 is 14.9 Å². The topological polar surface area (TPSA) is 128 Å². The standard InChI is InChI=1S/C39H36ClN7O3S/c1-3-46(26-9-15-45(16-10-26)27-18-39(19-27)11-12-39)36-30(20-41)33-32(21-43-36)44-23(2)47(37(33)48)14-4-5-24-6-7-25(40)17-29(24)28-8-13-42-34-31(38(49)50)22-51-35(28)34/h6-8,13,17,21-22,26-27H,3,9-12,14-16,18-19H2,1-2H3,(H,49,50). The first kappa shape index (κ1) is 33.3. The van der Waals surface area contributed by atoms with Gasteiger partial charge in [-0.25, -0.2) is 14.8 Å². The van der Waals surface area contributed by atoms with Crippen LogP contribution in [0.3, 0.4) is 0 Å². The summed E-state index contributed by atoms with van der Waals surface area (Å²) in [5.74, 6) is 6.32. The Labute approximate surface area is 304 Å². The second-order valence-electron chi connectivity index (χ2n) is 14.0. The highest BCUT2D eigenvalue weighted by Gasteiger charge is 2.54. The summed E-state index contributed by atoms with van der Waals surface area (Å²) in [5, 5.41) is 22.4. The fourth-order valence-corrected chi connectivity index (χ4v) is 9.30. The number of anilines is 1. The van der Waals surface area contributed by atoms with Crippen molar-refractivity contribution >= 4 is 55.8 Å². The van der Waals surface area contributed by atoms with Crippen molar-refractivity contribution in [1.82, 2.24) is 24.4 Å². The molecule has 0 unspecified atom stereocenters. The molecule has 12 heteroatoms. The van der Waals surface area contributed by atoms with Crippen LogP contribution in [0.5, 0.6) is 0 Å². The number of halogens is 1. The summed E-state index contributed by atoms with van der Waals surface area (Å²) in [6, 6.07) is 10.4. The highest BCUT2D eigenvalue weighted by Crippen LogP contribution is 2.62. The molecule has 3 aliphatic rings. The smallest absolute Gasteiger partial charge is 0.338 e. The molecule has 51 heavy (non-hydrogen) atoms. The van der Waals surface area contributed by atoms with Crippen molar-refractivity contribution in [3.8, 4) is 29.0 Å². The third-order valence-corrected chi connectivity index (χ3v) is 12.3. The molecule has 1 spiro atoms. The van der Waals surface area contributed by atoms with Crippen LogP contribution in [0.15, 0.2) is 46.8 Å². The Morgan fingerprint density at radius 2 is 1.96 bits per heavy atom. The number of carboxylic acids is 1. The van der Waals surface area contributed by atoms with Crippen LogP contribution in [0.4, 0.5) is 5.82 Å². The van der Waals surface area contributed by atoms with E-state index in [1.54, 1.807) is 36.8 Å². The number of hydrogen-bond donors (Lipinski definition) is 1. The predicted molar refractivity (Wildman–Crippen MR) is 199 cm³/mol. The second-order valence-corrected chi connectivity index (χ2v) is 15.3. The number of fused-ring (bicyclic) bond motifs is 2. The SMILES string of the molecule is CCN(c1ncc2nc(C)n(CC#Cc3ccc(Cl)cc3-c3ccnc4c(C(=O)O)csc34)c(=O)c2c1C#N)C1CCN(C2CC3(CC3)C2)CC1. The first-order valence-electron chi connectivity index (χ1n) is 17.4. The molecule has 5 heterocycles. The van der Waals surface area contributed by atoms with E-state index >= 15 is 0 Å². The molecular formula is C39H36ClN7O3S. The van der Waals surface area contributed by atoms with Gasteiger partial charge in [0.1, 0.15) is 23.3 Å². The first-order valence-corrected chi connectivity index (χ1v) is 18.7. The van der Waals surface area contributed by atoms with Crippen LogP contribution in [-0.2, 0) is 6.54 Å². The molecule has 1 N–H and O–H groups in total. The summed E-state index contributed by atoms with van der Waals surface area (Å²) >= 11 is 7.72. The number of aromatic nitrogens is 4. The van der Waals surface area contributed by atoms with Gasteiger partial charge in [-0.05, 0) is 82.1 Å². The highest BCUT2D eigenvalue weighted by molar-refractivity contribution is 7.18. The number of carbonyl (C=O) groups is 1. The van der Waals surface area contributed by atoms with E-state index in [2.05, 4.69) is 44.6 Å². The number of rotatable bonds is 7.